The maximum absolute atomic E-state index is 12.3. The van der Waals surface area contributed by atoms with Crippen LogP contribution in [0.2, 0.25) is 0 Å². The third-order valence-electron chi connectivity index (χ3n) is 3.66. The lowest BCUT2D eigenvalue weighted by atomic mass is 10.1. The highest BCUT2D eigenvalue weighted by Gasteiger charge is 2.13. The molecule has 3 aromatic heterocycles. The minimum atomic E-state index is -0.0425. The largest absolute Gasteiger partial charge is 0.461 e. The molecule has 3 aromatic rings. The van der Waals surface area contributed by atoms with Crippen molar-refractivity contribution < 1.29 is 9.21 Å². The summed E-state index contributed by atoms with van der Waals surface area (Å²) in [7, 11) is 0. The summed E-state index contributed by atoms with van der Waals surface area (Å²) < 4.78 is 5.25. The van der Waals surface area contributed by atoms with Gasteiger partial charge in [-0.05, 0) is 48.4 Å². The molecular formula is C18H18N4O2. The monoisotopic (exact) mass is 322 g/mol. The molecule has 0 saturated carbocycles. The molecule has 0 atom stereocenters. The molecular weight excluding hydrogens is 304 g/mol. The number of hydrogen-bond donors (Lipinski definition) is 2. The number of pyridine rings is 2. The number of aromatic nitrogens is 2. The number of nitrogen functional groups attached to an aromatic ring is 1. The van der Waals surface area contributed by atoms with Gasteiger partial charge in [-0.3, -0.25) is 9.78 Å². The molecule has 6 heteroatoms. The van der Waals surface area contributed by atoms with Crippen molar-refractivity contribution in [2.24, 2.45) is 0 Å². The summed E-state index contributed by atoms with van der Waals surface area (Å²) in [6, 6.07) is 9.18. The van der Waals surface area contributed by atoms with Gasteiger partial charge in [0.2, 0.25) is 5.78 Å². The Morgan fingerprint density at radius 3 is 2.88 bits per heavy atom. The van der Waals surface area contributed by atoms with Crippen LogP contribution in [0.25, 0.3) is 0 Å². The van der Waals surface area contributed by atoms with Crippen LogP contribution in [0, 0.1) is 6.92 Å². The molecule has 3 rings (SSSR count). The van der Waals surface area contributed by atoms with E-state index in [1.165, 1.54) is 6.26 Å². The Labute approximate surface area is 139 Å². The first-order chi connectivity index (χ1) is 11.6. The van der Waals surface area contributed by atoms with E-state index in [-0.39, 0.29) is 12.2 Å². The van der Waals surface area contributed by atoms with E-state index in [1.807, 2.05) is 31.2 Å². The first-order valence-corrected chi connectivity index (χ1v) is 7.59. The molecule has 0 saturated heterocycles. The predicted octanol–water partition coefficient (Wildman–Crippen LogP) is 3.00. The lowest BCUT2D eigenvalue weighted by molar-refractivity contribution is 0.0965. The predicted molar refractivity (Wildman–Crippen MR) is 91.7 cm³/mol. The van der Waals surface area contributed by atoms with E-state index in [2.05, 4.69) is 15.3 Å². The standard InChI is InChI=1S/C18H18N4O2/c1-12-5-8-24-17(12)16(23)10-13-4-7-20-14(9-13)11-22-15-3-2-6-21-18(15)19/h2-9,22H,10-11H2,1H3,(H2,19,21). The molecule has 0 bridgehead atoms. The number of aryl methyl sites for hydroxylation is 1. The van der Waals surface area contributed by atoms with Crippen LogP contribution < -0.4 is 11.1 Å². The Balaban J connectivity index is 1.67. The number of nitrogens with two attached hydrogens (primary N) is 1. The number of Topliss-reactive ketones (excluding diaryl/α,β-unsaturated/α-hetero) is 1. The number of furan rings is 1. The number of nitrogens with zero attached hydrogens (tertiary/aromatic N) is 2. The van der Waals surface area contributed by atoms with E-state index in [1.54, 1.807) is 18.5 Å². The second-order valence-electron chi connectivity index (χ2n) is 5.48. The van der Waals surface area contributed by atoms with Crippen LogP contribution in [0.15, 0.2) is 53.4 Å². The van der Waals surface area contributed by atoms with Crippen molar-refractivity contribution >= 4 is 17.3 Å². The van der Waals surface area contributed by atoms with Crippen LogP contribution in [-0.4, -0.2) is 15.8 Å². The Kier molecular flexibility index (Phi) is 4.56. The Hall–Kier alpha value is -3.15. The number of ketones is 1. The van der Waals surface area contributed by atoms with Crippen LogP contribution in [0.1, 0.15) is 27.4 Å². The third kappa shape index (κ3) is 3.60. The van der Waals surface area contributed by atoms with Gasteiger partial charge in [0.05, 0.1) is 24.2 Å². The molecule has 0 aliphatic heterocycles. The van der Waals surface area contributed by atoms with Crippen LogP contribution in [0.3, 0.4) is 0 Å². The van der Waals surface area contributed by atoms with Crippen molar-refractivity contribution in [1.82, 2.24) is 9.97 Å². The van der Waals surface area contributed by atoms with Crippen molar-refractivity contribution in [1.29, 1.82) is 0 Å². The van der Waals surface area contributed by atoms with E-state index in [0.717, 1.165) is 22.5 Å². The number of hydrogen-bond acceptors (Lipinski definition) is 6. The van der Waals surface area contributed by atoms with E-state index in [9.17, 15) is 4.79 Å². The fraction of sp³-hybridized carbons (Fsp3) is 0.167. The van der Waals surface area contributed by atoms with Crippen LogP contribution in [-0.2, 0) is 13.0 Å². The minimum absolute atomic E-state index is 0.0425. The highest BCUT2D eigenvalue weighted by Crippen LogP contribution is 2.16. The summed E-state index contributed by atoms with van der Waals surface area (Å²) in [5, 5.41) is 3.19. The van der Waals surface area contributed by atoms with Gasteiger partial charge in [0.25, 0.3) is 0 Å². The van der Waals surface area contributed by atoms with Crippen molar-refractivity contribution in [3.05, 3.63) is 71.6 Å². The highest BCUT2D eigenvalue weighted by atomic mass is 16.3. The van der Waals surface area contributed by atoms with Crippen molar-refractivity contribution in [3.8, 4) is 0 Å². The lowest BCUT2D eigenvalue weighted by Crippen LogP contribution is -2.07. The van der Waals surface area contributed by atoms with E-state index in [0.29, 0.717) is 18.1 Å². The summed E-state index contributed by atoms with van der Waals surface area (Å²) >= 11 is 0. The molecule has 0 aliphatic carbocycles. The molecule has 0 unspecified atom stereocenters. The molecule has 122 valence electrons. The van der Waals surface area contributed by atoms with Gasteiger partial charge in [-0.1, -0.05) is 0 Å². The first kappa shape index (κ1) is 15.7. The fourth-order valence-corrected chi connectivity index (χ4v) is 2.41. The molecule has 0 fully saturated rings. The Bertz CT molecular complexity index is 857. The van der Waals surface area contributed by atoms with Crippen LogP contribution in [0.4, 0.5) is 11.5 Å². The van der Waals surface area contributed by atoms with Crippen molar-refractivity contribution in [2.45, 2.75) is 19.9 Å². The maximum Gasteiger partial charge on any atom is 0.202 e. The number of carbonyl (C=O) groups is 1. The summed E-state index contributed by atoms with van der Waals surface area (Å²) in [6.07, 6.45) is 5.14. The van der Waals surface area contributed by atoms with Crippen molar-refractivity contribution in [3.63, 3.8) is 0 Å². The molecule has 3 heterocycles. The number of rotatable bonds is 6. The quantitative estimate of drug-likeness (QED) is 0.678. The number of anilines is 2. The molecule has 3 N–H and O–H groups in total. The van der Waals surface area contributed by atoms with Gasteiger partial charge < -0.3 is 15.5 Å². The fourth-order valence-electron chi connectivity index (χ4n) is 2.41. The normalized spacial score (nSPS) is 10.5. The van der Waals surface area contributed by atoms with Crippen LogP contribution in [0.5, 0.6) is 0 Å². The molecule has 0 aliphatic rings. The molecule has 0 aromatic carbocycles. The van der Waals surface area contributed by atoms with E-state index >= 15 is 0 Å². The van der Waals surface area contributed by atoms with Gasteiger partial charge in [-0.25, -0.2) is 4.98 Å². The summed E-state index contributed by atoms with van der Waals surface area (Å²) in [5.41, 5.74) is 9.12. The Morgan fingerprint density at radius 1 is 1.25 bits per heavy atom. The zero-order valence-corrected chi connectivity index (χ0v) is 13.3. The topological polar surface area (TPSA) is 94.0 Å². The van der Waals surface area contributed by atoms with Gasteiger partial charge in [0, 0.05) is 18.8 Å². The first-order valence-electron chi connectivity index (χ1n) is 7.59. The van der Waals surface area contributed by atoms with Gasteiger partial charge >= 0.3 is 0 Å². The van der Waals surface area contributed by atoms with Gasteiger partial charge in [-0.2, -0.15) is 0 Å². The summed E-state index contributed by atoms with van der Waals surface area (Å²) in [5.74, 6) is 0.811. The SMILES string of the molecule is Cc1ccoc1C(=O)Cc1ccnc(CNc2cccnc2N)c1. The highest BCUT2D eigenvalue weighted by molar-refractivity contribution is 5.96. The smallest absolute Gasteiger partial charge is 0.202 e. The van der Waals surface area contributed by atoms with E-state index < -0.39 is 0 Å². The minimum Gasteiger partial charge on any atom is -0.461 e. The third-order valence-corrected chi connectivity index (χ3v) is 3.66. The van der Waals surface area contributed by atoms with Crippen LogP contribution >= 0.6 is 0 Å². The van der Waals surface area contributed by atoms with Gasteiger partial charge in [-0.15, -0.1) is 0 Å². The second kappa shape index (κ2) is 6.95. The van der Waals surface area contributed by atoms with Gasteiger partial charge in [0.15, 0.2) is 5.76 Å². The molecule has 6 nitrogen and oxygen atoms in total. The van der Waals surface area contributed by atoms with Crippen molar-refractivity contribution in [2.75, 3.05) is 11.1 Å². The van der Waals surface area contributed by atoms with Gasteiger partial charge in [0.1, 0.15) is 5.82 Å². The number of nitrogens with one attached hydrogen (secondary N) is 1. The molecule has 24 heavy (non-hydrogen) atoms. The second-order valence-corrected chi connectivity index (χ2v) is 5.48. The maximum atomic E-state index is 12.3. The lowest BCUT2D eigenvalue weighted by Gasteiger charge is -2.08. The summed E-state index contributed by atoms with van der Waals surface area (Å²) in [6.45, 7) is 2.36. The molecule has 0 amide bonds. The summed E-state index contributed by atoms with van der Waals surface area (Å²) in [4.78, 5) is 20.6. The average Bonchev–Trinajstić information content (AvgIpc) is 3.01. The molecule has 0 spiro atoms. The zero-order chi connectivity index (χ0) is 16.9. The average molecular weight is 322 g/mol. The Morgan fingerprint density at radius 2 is 2.12 bits per heavy atom. The molecule has 0 radical (unpaired) electrons. The number of carbonyl (C=O) groups excluding carboxylic acids is 1. The zero-order valence-electron chi connectivity index (χ0n) is 13.3. The van der Waals surface area contributed by atoms with E-state index in [4.69, 9.17) is 10.2 Å².